The Balaban J connectivity index is 1.95. The Morgan fingerprint density at radius 3 is 2.79 bits per heavy atom. The highest BCUT2D eigenvalue weighted by molar-refractivity contribution is 7.76. The molecule has 1 fully saturated rings. The fourth-order valence-electron chi connectivity index (χ4n) is 1.51. The lowest BCUT2D eigenvalue weighted by Gasteiger charge is -2.18. The van der Waals surface area contributed by atoms with E-state index < -0.39 is 0 Å². The minimum Gasteiger partial charge on any atom is -0.378 e. The Labute approximate surface area is 89.4 Å². The maximum atomic E-state index is 5.32. The summed E-state index contributed by atoms with van der Waals surface area (Å²) in [4.78, 5) is 1.38. The minimum atomic E-state index is 0.874. The van der Waals surface area contributed by atoms with Crippen LogP contribution in [-0.4, -0.2) is 30.6 Å². The van der Waals surface area contributed by atoms with Crippen molar-refractivity contribution in [3.05, 3.63) is 29.8 Å². The van der Waals surface area contributed by atoms with Crippen LogP contribution in [0.2, 0.25) is 0 Å². The van der Waals surface area contributed by atoms with E-state index in [4.69, 9.17) is 4.74 Å². The molecule has 1 aromatic rings. The summed E-state index contributed by atoms with van der Waals surface area (Å²) in [5, 5.41) is 0. The summed E-state index contributed by atoms with van der Waals surface area (Å²) in [6.45, 7) is 5.99. The first-order valence-electron chi connectivity index (χ1n) is 4.95. The summed E-state index contributed by atoms with van der Waals surface area (Å²) in [7, 11) is 0. The second-order valence-corrected chi connectivity index (χ2v) is 4.79. The summed E-state index contributed by atoms with van der Waals surface area (Å²) in [5.74, 6) is 0. The van der Waals surface area contributed by atoms with Crippen LogP contribution in [0, 0.1) is 6.92 Å². The van der Waals surface area contributed by atoms with Crippen LogP contribution in [0.4, 0.5) is 0 Å². The molecule has 0 spiro atoms. The van der Waals surface area contributed by atoms with E-state index in [9.17, 15) is 0 Å². The van der Waals surface area contributed by atoms with Gasteiger partial charge < -0.3 is 4.74 Å². The first-order chi connectivity index (χ1) is 6.84. The Morgan fingerprint density at radius 2 is 2.07 bits per heavy atom. The molecule has 0 saturated carbocycles. The zero-order valence-electron chi connectivity index (χ0n) is 8.44. The Morgan fingerprint density at radius 1 is 1.29 bits per heavy atom. The van der Waals surface area contributed by atoms with Gasteiger partial charge in [0.15, 0.2) is 4.90 Å². The van der Waals surface area contributed by atoms with E-state index in [0.717, 1.165) is 26.3 Å². The number of ether oxygens (including phenoxy) is 1. The molecule has 1 saturated heterocycles. The van der Waals surface area contributed by atoms with Gasteiger partial charge in [0, 0.05) is 0 Å². The summed E-state index contributed by atoms with van der Waals surface area (Å²) in [5.41, 5.74) is 1.34. The molecule has 0 aromatic heterocycles. The van der Waals surface area contributed by atoms with Crippen LogP contribution < -0.4 is 0 Å². The molecule has 1 heterocycles. The predicted octanol–water partition coefficient (Wildman–Crippen LogP) is 1.42. The molecule has 0 bridgehead atoms. The molecule has 0 amide bonds. The van der Waals surface area contributed by atoms with Crippen molar-refractivity contribution in [2.75, 3.05) is 26.3 Å². The van der Waals surface area contributed by atoms with Crippen LogP contribution in [0.3, 0.4) is 0 Å². The summed E-state index contributed by atoms with van der Waals surface area (Å²) >= 11 is 1.32. The smallest absolute Gasteiger partial charge is 0.173 e. The van der Waals surface area contributed by atoms with Crippen molar-refractivity contribution < 1.29 is 4.74 Å². The van der Waals surface area contributed by atoms with E-state index in [1.165, 1.54) is 22.4 Å². The van der Waals surface area contributed by atoms with E-state index in [0.29, 0.717) is 0 Å². The van der Waals surface area contributed by atoms with Crippen LogP contribution in [-0.2, 0) is 16.7 Å². The average Bonchev–Trinajstić information content (AvgIpc) is 2.19. The lowest BCUT2D eigenvalue weighted by Crippen LogP contribution is -2.35. The topological polar surface area (TPSA) is 12.5 Å². The van der Waals surface area contributed by atoms with Gasteiger partial charge in [0.2, 0.25) is 0 Å². The standard InChI is InChI=1S/C11H15NOS/c1-10-3-2-4-11(9-10)14-12-5-7-13-8-6-12/h2-4,9H,5-8H2,1H3/p+1. The number of rotatable bonds is 2. The van der Waals surface area contributed by atoms with Gasteiger partial charge in [-0.15, -0.1) is 4.31 Å². The second-order valence-electron chi connectivity index (χ2n) is 3.51. The van der Waals surface area contributed by atoms with E-state index in [1.54, 1.807) is 0 Å². The molecule has 0 N–H and O–H groups in total. The van der Waals surface area contributed by atoms with Crippen molar-refractivity contribution in [1.82, 2.24) is 4.31 Å². The Kier molecular flexibility index (Phi) is 3.45. The third-order valence-electron chi connectivity index (χ3n) is 2.25. The number of hydrogen-bond donors (Lipinski definition) is 0. The Hall–Kier alpha value is -0.510. The largest absolute Gasteiger partial charge is 0.378 e. The molecule has 1 aliphatic rings. The molecule has 0 aliphatic carbocycles. The van der Waals surface area contributed by atoms with Gasteiger partial charge in [-0.3, -0.25) is 0 Å². The summed E-state index contributed by atoms with van der Waals surface area (Å²) in [6.07, 6.45) is 0. The molecular formula is C11H16NOS+. The molecule has 0 atom stereocenters. The third kappa shape index (κ3) is 2.74. The Bertz CT molecular complexity index is 297. The average molecular weight is 210 g/mol. The van der Waals surface area contributed by atoms with Gasteiger partial charge in [0.25, 0.3) is 0 Å². The van der Waals surface area contributed by atoms with Gasteiger partial charge in [-0.05, 0) is 24.6 Å². The summed E-state index contributed by atoms with van der Waals surface area (Å²) < 4.78 is 7.73. The molecule has 1 aromatic carbocycles. The van der Waals surface area contributed by atoms with E-state index in [2.05, 4.69) is 35.5 Å². The zero-order valence-corrected chi connectivity index (χ0v) is 9.33. The highest BCUT2D eigenvalue weighted by Crippen LogP contribution is 2.10. The van der Waals surface area contributed by atoms with Gasteiger partial charge in [0.1, 0.15) is 0 Å². The van der Waals surface area contributed by atoms with Crippen LogP contribution in [0.5, 0.6) is 0 Å². The lowest BCUT2D eigenvalue weighted by molar-refractivity contribution is 0.0769. The normalized spacial score (nSPS) is 18.4. The fourth-order valence-corrected chi connectivity index (χ4v) is 2.61. The van der Waals surface area contributed by atoms with Crippen LogP contribution in [0.25, 0.3) is 0 Å². The van der Waals surface area contributed by atoms with Gasteiger partial charge in [-0.2, -0.15) is 0 Å². The van der Waals surface area contributed by atoms with E-state index >= 15 is 0 Å². The molecule has 76 valence electrons. The molecule has 0 unspecified atom stereocenters. The molecular weight excluding hydrogens is 194 g/mol. The monoisotopic (exact) mass is 210 g/mol. The van der Waals surface area contributed by atoms with Crippen molar-refractivity contribution in [2.45, 2.75) is 11.8 Å². The van der Waals surface area contributed by atoms with Gasteiger partial charge >= 0.3 is 0 Å². The maximum Gasteiger partial charge on any atom is 0.173 e. The third-order valence-corrected chi connectivity index (χ3v) is 3.44. The van der Waals surface area contributed by atoms with Crippen molar-refractivity contribution in [3.63, 3.8) is 0 Å². The van der Waals surface area contributed by atoms with Crippen molar-refractivity contribution in [2.24, 2.45) is 0 Å². The highest BCUT2D eigenvalue weighted by Gasteiger charge is 2.18. The van der Waals surface area contributed by atoms with E-state index in [1.807, 2.05) is 0 Å². The fraction of sp³-hybridized carbons (Fsp3) is 0.455. The van der Waals surface area contributed by atoms with E-state index in [-0.39, 0.29) is 0 Å². The van der Waals surface area contributed by atoms with Crippen molar-refractivity contribution in [1.29, 1.82) is 0 Å². The van der Waals surface area contributed by atoms with Crippen molar-refractivity contribution >= 4 is 11.9 Å². The number of thiol groups is 1. The molecule has 2 rings (SSSR count). The molecule has 3 heteroatoms. The van der Waals surface area contributed by atoms with Crippen molar-refractivity contribution in [3.8, 4) is 0 Å². The molecule has 1 aliphatic heterocycles. The predicted molar refractivity (Wildman–Crippen MR) is 60.6 cm³/mol. The number of nitrogens with zero attached hydrogens (tertiary/aromatic N) is 1. The van der Waals surface area contributed by atoms with Crippen LogP contribution >= 0.6 is 0 Å². The van der Waals surface area contributed by atoms with Gasteiger partial charge in [0.05, 0.1) is 38.3 Å². The molecule has 0 radical (unpaired) electrons. The first kappa shape index (κ1) is 10.0. The zero-order chi connectivity index (χ0) is 9.80. The van der Waals surface area contributed by atoms with Gasteiger partial charge in [-0.25, -0.2) is 0 Å². The SMILES string of the molecule is Cc1cccc([SH+]N2CCOCC2)c1. The van der Waals surface area contributed by atoms with Crippen LogP contribution in [0.1, 0.15) is 5.56 Å². The molecule has 14 heavy (non-hydrogen) atoms. The summed E-state index contributed by atoms with van der Waals surface area (Å²) in [6, 6.07) is 8.69. The van der Waals surface area contributed by atoms with Crippen LogP contribution in [0.15, 0.2) is 29.2 Å². The minimum absolute atomic E-state index is 0.874. The highest BCUT2D eigenvalue weighted by atomic mass is 32.2. The maximum absolute atomic E-state index is 5.32. The van der Waals surface area contributed by atoms with Gasteiger partial charge in [-0.1, -0.05) is 12.1 Å². The quantitative estimate of drug-likeness (QED) is 0.540. The first-order valence-corrected chi connectivity index (χ1v) is 5.80. The lowest BCUT2D eigenvalue weighted by atomic mass is 10.2. The number of hydrogen-bond acceptors (Lipinski definition) is 2. The molecule has 2 nitrogen and oxygen atoms in total. The number of aryl methyl sites for hydroxylation is 1. The number of benzene rings is 1. The number of morpholine rings is 1. The second kappa shape index (κ2) is 4.82.